The number of rotatable bonds is 7. The summed E-state index contributed by atoms with van der Waals surface area (Å²) in [5, 5.41) is 0. The highest BCUT2D eigenvalue weighted by Crippen LogP contribution is 2.29. The Hall–Kier alpha value is -2.86. The molecule has 0 unspecified atom stereocenters. The highest BCUT2D eigenvalue weighted by Gasteiger charge is 2.30. The van der Waals surface area contributed by atoms with Crippen LogP contribution >= 0.6 is 0 Å². The van der Waals surface area contributed by atoms with Crippen LogP contribution in [0.2, 0.25) is 0 Å². The van der Waals surface area contributed by atoms with Crippen LogP contribution in [0.15, 0.2) is 54.6 Å². The van der Waals surface area contributed by atoms with E-state index in [9.17, 15) is 9.59 Å². The Morgan fingerprint density at radius 1 is 0.906 bits per heavy atom. The van der Waals surface area contributed by atoms with E-state index in [1.165, 1.54) is 0 Å². The summed E-state index contributed by atoms with van der Waals surface area (Å²) in [6, 6.07) is 17.8. The molecule has 2 fully saturated rings. The number of ketones is 1. The topological polar surface area (TPSA) is 53.1 Å². The lowest BCUT2D eigenvalue weighted by Gasteiger charge is -2.44. The fraction of sp³-hybridized carbons (Fsp3) is 0.462. The highest BCUT2D eigenvalue weighted by molar-refractivity contribution is 5.97. The molecule has 6 nitrogen and oxygen atoms in total. The van der Waals surface area contributed by atoms with Gasteiger partial charge in [-0.3, -0.25) is 14.5 Å². The molecule has 2 saturated heterocycles. The van der Waals surface area contributed by atoms with Gasteiger partial charge in [0.1, 0.15) is 5.75 Å². The van der Waals surface area contributed by atoms with Crippen LogP contribution in [0.5, 0.6) is 5.75 Å². The lowest BCUT2D eigenvalue weighted by molar-refractivity contribution is -0.133. The molecule has 32 heavy (non-hydrogen) atoms. The van der Waals surface area contributed by atoms with Crippen molar-refractivity contribution >= 4 is 17.4 Å². The zero-order chi connectivity index (χ0) is 22.3. The van der Waals surface area contributed by atoms with Gasteiger partial charge in [-0.2, -0.15) is 0 Å². The Bertz CT molecular complexity index is 910. The molecule has 1 atom stereocenters. The van der Waals surface area contributed by atoms with Gasteiger partial charge in [0, 0.05) is 63.7 Å². The summed E-state index contributed by atoms with van der Waals surface area (Å²) in [6.07, 6.45) is 2.72. The van der Waals surface area contributed by atoms with E-state index >= 15 is 0 Å². The van der Waals surface area contributed by atoms with E-state index in [1.54, 1.807) is 7.11 Å². The molecule has 2 aromatic carbocycles. The van der Waals surface area contributed by atoms with Gasteiger partial charge in [-0.1, -0.05) is 42.5 Å². The van der Waals surface area contributed by atoms with Gasteiger partial charge in [0.05, 0.1) is 12.8 Å². The third-order valence-corrected chi connectivity index (χ3v) is 6.67. The lowest BCUT2D eigenvalue weighted by Crippen LogP contribution is -2.55. The molecule has 1 amide bonds. The summed E-state index contributed by atoms with van der Waals surface area (Å²) >= 11 is 0. The number of carbonyl (C=O) groups is 2. The Morgan fingerprint density at radius 2 is 1.62 bits per heavy atom. The number of benzene rings is 2. The number of para-hydroxylation sites is 2. The van der Waals surface area contributed by atoms with Crippen molar-refractivity contribution in [1.82, 2.24) is 9.80 Å². The predicted molar refractivity (Wildman–Crippen MR) is 126 cm³/mol. The summed E-state index contributed by atoms with van der Waals surface area (Å²) in [7, 11) is 1.72. The van der Waals surface area contributed by atoms with Crippen molar-refractivity contribution < 1.29 is 14.3 Å². The number of hydrogen-bond donors (Lipinski definition) is 0. The first-order valence-electron chi connectivity index (χ1n) is 11.6. The fourth-order valence-corrected chi connectivity index (χ4v) is 4.85. The number of anilines is 1. The first-order valence-corrected chi connectivity index (χ1v) is 11.6. The number of methoxy groups -OCH3 is 1. The highest BCUT2D eigenvalue weighted by atomic mass is 16.5. The molecule has 0 saturated carbocycles. The first kappa shape index (κ1) is 22.3. The lowest BCUT2D eigenvalue weighted by atomic mass is 10.0. The second kappa shape index (κ2) is 10.6. The van der Waals surface area contributed by atoms with Crippen LogP contribution in [0, 0.1) is 0 Å². The van der Waals surface area contributed by atoms with Crippen molar-refractivity contribution in [1.29, 1.82) is 0 Å². The number of nitrogens with zero attached hydrogens (tertiary/aromatic N) is 3. The number of hydrogen-bond acceptors (Lipinski definition) is 5. The van der Waals surface area contributed by atoms with E-state index in [4.69, 9.17) is 4.74 Å². The standard InChI is InChI=1S/C26H33N3O3/c1-32-25-12-6-5-11-23(25)28-18-16-27(17-19-28)22-10-7-15-29(20-22)26(31)14-13-24(30)21-8-3-2-4-9-21/h2-6,8-9,11-12,22H,7,10,13-20H2,1H3/t22-/m0/s1. The number of Topliss-reactive ketones (excluding diaryl/α,β-unsaturated/α-hetero) is 1. The normalized spacial score (nSPS) is 19.6. The van der Waals surface area contributed by atoms with Crippen LogP contribution in [-0.4, -0.2) is 73.9 Å². The van der Waals surface area contributed by atoms with Gasteiger partial charge < -0.3 is 14.5 Å². The van der Waals surface area contributed by atoms with Gasteiger partial charge in [-0.25, -0.2) is 0 Å². The number of ether oxygens (including phenoxy) is 1. The van der Waals surface area contributed by atoms with E-state index in [0.717, 1.165) is 63.5 Å². The van der Waals surface area contributed by atoms with Gasteiger partial charge in [-0.05, 0) is 25.0 Å². The molecule has 0 spiro atoms. The SMILES string of the molecule is COc1ccccc1N1CCN([C@H]2CCCN(C(=O)CCC(=O)c3ccccc3)C2)CC1. The van der Waals surface area contributed by atoms with Crippen molar-refractivity contribution in [2.45, 2.75) is 31.7 Å². The third-order valence-electron chi connectivity index (χ3n) is 6.67. The zero-order valence-electron chi connectivity index (χ0n) is 18.9. The third kappa shape index (κ3) is 5.30. The van der Waals surface area contributed by atoms with Crippen LogP contribution in [-0.2, 0) is 4.79 Å². The molecule has 6 heteroatoms. The fourth-order valence-electron chi connectivity index (χ4n) is 4.85. The van der Waals surface area contributed by atoms with Crippen molar-refractivity contribution in [2.24, 2.45) is 0 Å². The minimum Gasteiger partial charge on any atom is -0.495 e. The van der Waals surface area contributed by atoms with Crippen LogP contribution in [0.1, 0.15) is 36.0 Å². The van der Waals surface area contributed by atoms with Crippen molar-refractivity contribution in [2.75, 3.05) is 51.3 Å². The molecular formula is C26H33N3O3. The van der Waals surface area contributed by atoms with E-state index in [1.807, 2.05) is 47.4 Å². The largest absolute Gasteiger partial charge is 0.495 e. The van der Waals surface area contributed by atoms with Crippen molar-refractivity contribution in [3.8, 4) is 5.75 Å². The number of likely N-dealkylation sites (tertiary alicyclic amines) is 1. The second-order valence-corrected chi connectivity index (χ2v) is 8.62. The second-order valence-electron chi connectivity index (χ2n) is 8.62. The van der Waals surface area contributed by atoms with Crippen molar-refractivity contribution in [3.63, 3.8) is 0 Å². The summed E-state index contributed by atoms with van der Waals surface area (Å²) < 4.78 is 5.53. The quantitative estimate of drug-likeness (QED) is 0.624. The number of carbonyl (C=O) groups excluding carboxylic acids is 2. The van der Waals surface area contributed by atoms with E-state index < -0.39 is 0 Å². The van der Waals surface area contributed by atoms with Gasteiger partial charge >= 0.3 is 0 Å². The minimum atomic E-state index is 0.0416. The molecule has 0 bridgehead atoms. The predicted octanol–water partition coefficient (Wildman–Crippen LogP) is 3.47. The Morgan fingerprint density at radius 3 is 2.38 bits per heavy atom. The number of piperidine rings is 1. The average Bonchev–Trinajstić information content (AvgIpc) is 2.87. The molecule has 0 aromatic heterocycles. The molecule has 2 aliphatic rings. The van der Waals surface area contributed by atoms with Crippen LogP contribution in [0.25, 0.3) is 0 Å². The maximum atomic E-state index is 12.8. The summed E-state index contributed by atoms with van der Waals surface area (Å²) in [5.41, 5.74) is 1.84. The van der Waals surface area contributed by atoms with E-state index in [-0.39, 0.29) is 18.1 Å². The molecule has 2 heterocycles. The van der Waals surface area contributed by atoms with Gasteiger partial charge in [0.25, 0.3) is 0 Å². The summed E-state index contributed by atoms with van der Waals surface area (Å²) in [6.45, 7) is 5.45. The van der Waals surface area contributed by atoms with Crippen molar-refractivity contribution in [3.05, 3.63) is 60.2 Å². The molecule has 2 aliphatic heterocycles. The smallest absolute Gasteiger partial charge is 0.223 e. The van der Waals surface area contributed by atoms with E-state index in [0.29, 0.717) is 18.0 Å². The number of piperazine rings is 1. The molecule has 170 valence electrons. The average molecular weight is 436 g/mol. The molecule has 0 N–H and O–H groups in total. The Kier molecular flexibility index (Phi) is 7.43. The zero-order valence-corrected chi connectivity index (χ0v) is 18.9. The van der Waals surface area contributed by atoms with Crippen LogP contribution in [0.4, 0.5) is 5.69 Å². The minimum absolute atomic E-state index is 0.0416. The summed E-state index contributed by atoms with van der Waals surface area (Å²) in [4.78, 5) is 32.0. The molecular weight excluding hydrogens is 402 g/mol. The first-order chi connectivity index (χ1) is 15.7. The molecule has 4 rings (SSSR count). The number of amides is 1. The maximum Gasteiger partial charge on any atom is 0.223 e. The maximum absolute atomic E-state index is 12.8. The summed E-state index contributed by atoms with van der Waals surface area (Å²) in [5.74, 6) is 1.06. The van der Waals surface area contributed by atoms with E-state index in [2.05, 4.69) is 21.9 Å². The van der Waals surface area contributed by atoms with Gasteiger partial charge in [0.2, 0.25) is 5.91 Å². The molecule has 0 aliphatic carbocycles. The van der Waals surface area contributed by atoms with Crippen LogP contribution < -0.4 is 9.64 Å². The van der Waals surface area contributed by atoms with Gasteiger partial charge in [-0.15, -0.1) is 0 Å². The monoisotopic (exact) mass is 435 g/mol. The molecule has 2 aromatic rings. The Balaban J connectivity index is 1.27. The van der Waals surface area contributed by atoms with Gasteiger partial charge in [0.15, 0.2) is 5.78 Å². The van der Waals surface area contributed by atoms with Crippen LogP contribution in [0.3, 0.4) is 0 Å². The Labute approximate surface area is 190 Å². The molecule has 0 radical (unpaired) electrons.